The second kappa shape index (κ2) is 13.9. The van der Waals surface area contributed by atoms with Gasteiger partial charge < -0.3 is 29.7 Å². The first-order chi connectivity index (χ1) is 20.0. The maximum absolute atomic E-state index is 11.9. The van der Waals surface area contributed by atoms with Gasteiger partial charge in [-0.05, 0) is 34.2 Å². The van der Waals surface area contributed by atoms with Crippen LogP contribution in [-0.4, -0.2) is 59.7 Å². The molecule has 216 valence electrons. The molecule has 0 bridgehead atoms. The molecule has 8 nitrogen and oxygen atoms in total. The molecule has 2 aliphatic rings. The van der Waals surface area contributed by atoms with Crippen molar-refractivity contribution in [1.29, 1.82) is 0 Å². The van der Waals surface area contributed by atoms with Crippen LogP contribution in [0.4, 0.5) is 4.79 Å². The Hall–Kier alpha value is -3.53. The molecule has 0 saturated carbocycles. The van der Waals surface area contributed by atoms with Gasteiger partial charge in [0.05, 0.1) is 24.9 Å². The van der Waals surface area contributed by atoms with Crippen LogP contribution in [0, 0.1) is 0 Å². The summed E-state index contributed by atoms with van der Waals surface area (Å²) in [7, 11) is 0. The van der Waals surface area contributed by atoms with Crippen LogP contribution in [0.1, 0.15) is 47.5 Å². The Balaban J connectivity index is 1.32. The van der Waals surface area contributed by atoms with Gasteiger partial charge in [-0.1, -0.05) is 85.5 Å². The summed E-state index contributed by atoms with van der Waals surface area (Å²) in [5.41, 5.74) is 5.83. The molecule has 1 amide bonds. The number of β-amino-alcohol motifs (C(OH)–C–C–N with tert-alkyl or cyclic N) is 1. The molecular formula is C33H38N2O6. The number of hydrogen-bond acceptors (Lipinski definition) is 7. The minimum Gasteiger partial charge on any atom is -0.445 e. The minimum absolute atomic E-state index is 0.00237. The monoisotopic (exact) mass is 558 g/mol. The fourth-order valence-electron chi connectivity index (χ4n) is 5.43. The highest BCUT2D eigenvalue weighted by Gasteiger charge is 2.34. The molecule has 0 spiro atoms. The number of ether oxygens (including phenoxy) is 3. The lowest BCUT2D eigenvalue weighted by atomic mass is 9.97. The number of benzene rings is 3. The van der Waals surface area contributed by atoms with Crippen LogP contribution < -0.4 is 5.32 Å². The Labute approximate surface area is 241 Å². The first kappa shape index (κ1) is 29.0. The summed E-state index contributed by atoms with van der Waals surface area (Å²) in [5.74, 6) is 0. The van der Waals surface area contributed by atoms with Crippen molar-refractivity contribution in [3.63, 3.8) is 0 Å². The smallest absolute Gasteiger partial charge is 0.407 e. The van der Waals surface area contributed by atoms with E-state index in [1.165, 1.54) is 6.08 Å². The predicted octanol–water partition coefficient (Wildman–Crippen LogP) is 4.87. The number of amides is 1. The molecule has 3 aromatic carbocycles. The van der Waals surface area contributed by atoms with Crippen molar-refractivity contribution >= 4 is 6.09 Å². The Morgan fingerprint density at radius 2 is 1.80 bits per heavy atom. The van der Waals surface area contributed by atoms with Crippen LogP contribution in [0.5, 0.6) is 0 Å². The summed E-state index contributed by atoms with van der Waals surface area (Å²) >= 11 is 0. The van der Waals surface area contributed by atoms with Crippen molar-refractivity contribution in [2.24, 2.45) is 0 Å². The molecule has 0 aromatic heterocycles. The maximum Gasteiger partial charge on any atom is 0.407 e. The van der Waals surface area contributed by atoms with Crippen LogP contribution in [0.3, 0.4) is 0 Å². The third-order valence-corrected chi connectivity index (χ3v) is 7.59. The van der Waals surface area contributed by atoms with E-state index in [0.29, 0.717) is 19.5 Å². The van der Waals surface area contributed by atoms with Gasteiger partial charge in [-0.3, -0.25) is 4.90 Å². The standard InChI is InChI=1S/C33H38N2O6/c1-2-17-39-33(38)34-19-27-5-3-4-6-30(27)24-11-13-26(14-12-24)32-40-29(21-35-16-15-28(37)20-35)18-31(41-32)25-9-7-23(22-36)8-10-25/h2-14,28-29,31-32,36-37H,1,15-22H2,(H,34,38). The Kier molecular flexibility index (Phi) is 9.82. The molecule has 2 fully saturated rings. The molecule has 2 saturated heterocycles. The molecular weight excluding hydrogens is 520 g/mol. The SMILES string of the molecule is C=CCOC(=O)NCc1ccccc1-c1ccc(C2OC(CN3CCC(O)C3)CC(c3ccc(CO)cc3)O2)cc1. The van der Waals surface area contributed by atoms with E-state index in [1.807, 2.05) is 72.8 Å². The predicted molar refractivity (Wildman–Crippen MR) is 156 cm³/mol. The van der Waals surface area contributed by atoms with Gasteiger partial charge >= 0.3 is 6.09 Å². The molecule has 2 aliphatic heterocycles. The summed E-state index contributed by atoms with van der Waals surface area (Å²) in [4.78, 5) is 14.2. The second-order valence-electron chi connectivity index (χ2n) is 10.6. The number of aliphatic hydroxyl groups is 2. The van der Waals surface area contributed by atoms with E-state index in [1.54, 1.807) is 0 Å². The van der Waals surface area contributed by atoms with Gasteiger partial charge in [0.25, 0.3) is 0 Å². The van der Waals surface area contributed by atoms with Crippen LogP contribution >= 0.6 is 0 Å². The zero-order valence-corrected chi connectivity index (χ0v) is 23.2. The van der Waals surface area contributed by atoms with Gasteiger partial charge in [0.15, 0.2) is 6.29 Å². The third-order valence-electron chi connectivity index (χ3n) is 7.59. The highest BCUT2D eigenvalue weighted by Crippen LogP contribution is 2.39. The molecule has 0 aliphatic carbocycles. The van der Waals surface area contributed by atoms with Crippen molar-refractivity contribution < 1.29 is 29.2 Å². The molecule has 4 unspecified atom stereocenters. The lowest BCUT2D eigenvalue weighted by Gasteiger charge is -2.38. The fraction of sp³-hybridized carbons (Fsp3) is 0.364. The van der Waals surface area contributed by atoms with Crippen molar-refractivity contribution in [3.05, 3.63) is 108 Å². The van der Waals surface area contributed by atoms with Gasteiger partial charge in [0, 0.05) is 38.2 Å². The topological polar surface area (TPSA) is 100 Å². The number of carbonyl (C=O) groups excluding carboxylic acids is 1. The van der Waals surface area contributed by atoms with E-state index in [2.05, 4.69) is 16.8 Å². The lowest BCUT2D eigenvalue weighted by Crippen LogP contribution is -2.38. The average molecular weight is 559 g/mol. The number of hydrogen-bond donors (Lipinski definition) is 3. The Morgan fingerprint density at radius 3 is 2.51 bits per heavy atom. The molecule has 2 heterocycles. The first-order valence-electron chi connectivity index (χ1n) is 14.1. The van der Waals surface area contributed by atoms with Gasteiger partial charge in [0.2, 0.25) is 0 Å². The van der Waals surface area contributed by atoms with Crippen molar-refractivity contribution in [1.82, 2.24) is 10.2 Å². The molecule has 0 radical (unpaired) electrons. The van der Waals surface area contributed by atoms with Crippen molar-refractivity contribution in [2.45, 2.75) is 50.6 Å². The molecule has 3 N–H and O–H groups in total. The number of nitrogens with one attached hydrogen (secondary N) is 1. The number of nitrogens with zero attached hydrogens (tertiary/aromatic N) is 1. The molecule has 41 heavy (non-hydrogen) atoms. The molecule has 8 heteroatoms. The summed E-state index contributed by atoms with van der Waals surface area (Å²) in [6.45, 7) is 6.32. The molecule has 4 atom stereocenters. The van der Waals surface area contributed by atoms with Crippen molar-refractivity contribution in [3.8, 4) is 11.1 Å². The zero-order chi connectivity index (χ0) is 28.6. The summed E-state index contributed by atoms with van der Waals surface area (Å²) in [6, 6.07) is 23.9. The number of carbonyl (C=O) groups is 1. The lowest BCUT2D eigenvalue weighted by molar-refractivity contribution is -0.252. The van der Waals surface area contributed by atoms with E-state index in [9.17, 15) is 15.0 Å². The van der Waals surface area contributed by atoms with E-state index >= 15 is 0 Å². The van der Waals surface area contributed by atoms with Crippen LogP contribution in [0.15, 0.2) is 85.5 Å². The Morgan fingerprint density at radius 1 is 1.05 bits per heavy atom. The minimum atomic E-state index is -0.547. The second-order valence-corrected chi connectivity index (χ2v) is 10.6. The molecule has 5 rings (SSSR count). The highest BCUT2D eigenvalue weighted by atomic mass is 16.7. The number of alkyl carbamates (subject to hydrolysis) is 1. The van der Waals surface area contributed by atoms with Crippen LogP contribution in [-0.2, 0) is 27.4 Å². The Bertz CT molecular complexity index is 1300. The zero-order valence-electron chi connectivity index (χ0n) is 23.2. The normalized spacial score (nSPS) is 22.8. The summed E-state index contributed by atoms with van der Waals surface area (Å²) in [5, 5.41) is 22.3. The van der Waals surface area contributed by atoms with E-state index in [-0.39, 0.29) is 31.5 Å². The van der Waals surface area contributed by atoms with Gasteiger partial charge in [0.1, 0.15) is 6.61 Å². The molecule has 3 aromatic rings. The quantitative estimate of drug-likeness (QED) is 0.305. The third kappa shape index (κ3) is 7.61. The highest BCUT2D eigenvalue weighted by molar-refractivity contribution is 5.70. The van der Waals surface area contributed by atoms with E-state index < -0.39 is 12.4 Å². The average Bonchev–Trinajstić information content (AvgIpc) is 3.43. The van der Waals surface area contributed by atoms with Crippen LogP contribution in [0.2, 0.25) is 0 Å². The summed E-state index contributed by atoms with van der Waals surface area (Å²) in [6.07, 6.45) is 1.48. The number of likely N-dealkylation sites (tertiary alicyclic amines) is 1. The van der Waals surface area contributed by atoms with Gasteiger partial charge in [-0.2, -0.15) is 0 Å². The number of aliphatic hydroxyl groups excluding tert-OH is 2. The van der Waals surface area contributed by atoms with Crippen LogP contribution in [0.25, 0.3) is 11.1 Å². The van der Waals surface area contributed by atoms with Gasteiger partial charge in [-0.15, -0.1) is 0 Å². The summed E-state index contributed by atoms with van der Waals surface area (Å²) < 4.78 is 18.0. The fourth-order valence-corrected chi connectivity index (χ4v) is 5.43. The maximum atomic E-state index is 11.9. The van der Waals surface area contributed by atoms with Gasteiger partial charge in [-0.25, -0.2) is 4.79 Å². The number of rotatable bonds is 10. The van der Waals surface area contributed by atoms with E-state index in [4.69, 9.17) is 14.2 Å². The van der Waals surface area contributed by atoms with E-state index in [0.717, 1.165) is 52.9 Å². The van der Waals surface area contributed by atoms with Crippen molar-refractivity contribution in [2.75, 3.05) is 26.2 Å². The first-order valence-corrected chi connectivity index (χ1v) is 14.1. The largest absolute Gasteiger partial charge is 0.445 e.